The van der Waals surface area contributed by atoms with Crippen molar-refractivity contribution in [1.82, 2.24) is 0 Å². The van der Waals surface area contributed by atoms with Crippen molar-refractivity contribution in [3.63, 3.8) is 0 Å². The third-order valence-corrected chi connectivity index (χ3v) is 5.76. The number of benzene rings is 3. The van der Waals surface area contributed by atoms with Crippen LogP contribution in [0.15, 0.2) is 71.3 Å². The first-order chi connectivity index (χ1) is 16.9. The van der Waals surface area contributed by atoms with E-state index in [1.54, 1.807) is 30.5 Å². The second kappa shape index (κ2) is 10.4. The van der Waals surface area contributed by atoms with E-state index in [0.29, 0.717) is 29.0 Å². The molecule has 0 aliphatic rings. The number of fused-ring (bicyclic) bond motifs is 1. The van der Waals surface area contributed by atoms with Gasteiger partial charge in [-0.25, -0.2) is 0 Å². The summed E-state index contributed by atoms with van der Waals surface area (Å²) in [6, 6.07) is 18.2. The van der Waals surface area contributed by atoms with Crippen LogP contribution in [-0.2, 0) is 29.1 Å². The molecule has 0 saturated carbocycles. The van der Waals surface area contributed by atoms with Crippen LogP contribution in [0, 0.1) is 0 Å². The number of carbonyl (C=O) groups is 2. The van der Waals surface area contributed by atoms with Crippen LogP contribution in [-0.4, -0.2) is 22.2 Å². The molecular weight excluding hydrogens is 448 g/mol. The van der Waals surface area contributed by atoms with Gasteiger partial charge in [0.1, 0.15) is 17.4 Å². The minimum absolute atomic E-state index is 0.232. The molecule has 1 unspecified atom stereocenters. The largest absolute Gasteiger partial charge is 0.485 e. The molecule has 1 aromatic heterocycles. The fourth-order valence-corrected chi connectivity index (χ4v) is 4.06. The monoisotopic (exact) mass is 474 g/mol. The average Bonchev–Trinajstić information content (AvgIpc) is 3.32. The van der Waals surface area contributed by atoms with E-state index in [0.717, 1.165) is 27.6 Å². The van der Waals surface area contributed by atoms with Crippen LogP contribution in [0.25, 0.3) is 22.1 Å². The van der Waals surface area contributed by atoms with E-state index in [-0.39, 0.29) is 19.4 Å². The minimum atomic E-state index is -1.05. The maximum Gasteiger partial charge on any atom is 0.307 e. The maximum atomic E-state index is 11.8. The normalized spacial score (nSPS) is 11.9. The van der Waals surface area contributed by atoms with Crippen molar-refractivity contribution in [3.05, 3.63) is 89.2 Å². The number of carboxylic acid groups (broad SMARTS) is 2. The number of carboxylic acids is 2. The first kappa shape index (κ1) is 24.0. The zero-order valence-electron chi connectivity index (χ0n) is 18.9. The Labute approximate surface area is 201 Å². The summed E-state index contributed by atoms with van der Waals surface area (Å²) in [4.78, 5) is 23.2. The van der Waals surface area contributed by atoms with E-state index in [2.05, 4.69) is 0 Å². The molecule has 6 N–H and O–H groups in total. The van der Waals surface area contributed by atoms with E-state index >= 15 is 0 Å². The highest BCUT2D eigenvalue weighted by atomic mass is 16.5. The maximum absolute atomic E-state index is 11.8. The summed E-state index contributed by atoms with van der Waals surface area (Å²) < 4.78 is 11.9. The number of ether oxygens (including phenoxy) is 1. The van der Waals surface area contributed by atoms with Gasteiger partial charge in [-0.2, -0.15) is 0 Å². The molecule has 0 amide bonds. The van der Waals surface area contributed by atoms with Gasteiger partial charge in [-0.05, 0) is 52.6 Å². The number of hydrogen-bond donors (Lipinski definition) is 4. The molecule has 8 nitrogen and oxygen atoms in total. The minimum Gasteiger partial charge on any atom is -0.485 e. The van der Waals surface area contributed by atoms with Crippen molar-refractivity contribution in [2.45, 2.75) is 32.0 Å². The fraction of sp³-hybridized carbons (Fsp3) is 0.185. The number of rotatable bonds is 10. The SMILES string of the molecule is NCc1cccc(-c2cc(C(CC(=O)O)Oc3cc(CN)ccc3CC(=O)O)cc3ccoc23)c1. The van der Waals surface area contributed by atoms with E-state index in [4.69, 9.17) is 20.6 Å². The summed E-state index contributed by atoms with van der Waals surface area (Å²) >= 11 is 0. The second-order valence-corrected chi connectivity index (χ2v) is 8.23. The van der Waals surface area contributed by atoms with Crippen molar-refractivity contribution in [3.8, 4) is 16.9 Å². The highest BCUT2D eigenvalue weighted by Crippen LogP contribution is 2.36. The smallest absolute Gasteiger partial charge is 0.307 e. The first-order valence-corrected chi connectivity index (χ1v) is 11.1. The number of nitrogens with two attached hydrogens (primary N) is 2. The topological polar surface area (TPSA) is 149 Å². The molecule has 4 aromatic rings. The van der Waals surface area contributed by atoms with Gasteiger partial charge < -0.3 is 30.8 Å². The summed E-state index contributed by atoms with van der Waals surface area (Å²) in [6.45, 7) is 0.610. The van der Waals surface area contributed by atoms with Gasteiger partial charge in [0.05, 0.1) is 19.1 Å². The molecule has 0 bridgehead atoms. The average molecular weight is 475 g/mol. The van der Waals surface area contributed by atoms with Gasteiger partial charge >= 0.3 is 11.9 Å². The van der Waals surface area contributed by atoms with Crippen LogP contribution < -0.4 is 16.2 Å². The molecule has 35 heavy (non-hydrogen) atoms. The van der Waals surface area contributed by atoms with Gasteiger partial charge in [-0.1, -0.05) is 30.3 Å². The molecule has 0 radical (unpaired) electrons. The Morgan fingerprint density at radius 2 is 1.69 bits per heavy atom. The zero-order chi connectivity index (χ0) is 24.9. The third kappa shape index (κ3) is 5.51. The summed E-state index contributed by atoms with van der Waals surface area (Å²) in [7, 11) is 0. The lowest BCUT2D eigenvalue weighted by atomic mass is 9.95. The van der Waals surface area contributed by atoms with Gasteiger partial charge in [0.25, 0.3) is 0 Å². The first-order valence-electron chi connectivity index (χ1n) is 11.1. The van der Waals surface area contributed by atoms with Crippen LogP contribution in [0.5, 0.6) is 5.75 Å². The van der Waals surface area contributed by atoms with E-state index in [9.17, 15) is 19.8 Å². The summed E-state index contributed by atoms with van der Waals surface area (Å²) in [5.41, 5.74) is 16.6. The predicted molar refractivity (Wildman–Crippen MR) is 131 cm³/mol. The van der Waals surface area contributed by atoms with Gasteiger partial charge in [-0.3, -0.25) is 9.59 Å². The summed E-state index contributed by atoms with van der Waals surface area (Å²) in [6.07, 6.45) is 0.0971. The van der Waals surface area contributed by atoms with Gasteiger partial charge in [0.2, 0.25) is 0 Å². The van der Waals surface area contributed by atoms with Crippen LogP contribution >= 0.6 is 0 Å². The molecule has 8 heteroatoms. The molecule has 0 aliphatic heterocycles. The van der Waals surface area contributed by atoms with E-state index < -0.39 is 18.0 Å². The highest BCUT2D eigenvalue weighted by molar-refractivity contribution is 5.93. The Morgan fingerprint density at radius 3 is 2.40 bits per heavy atom. The number of hydrogen-bond acceptors (Lipinski definition) is 6. The van der Waals surface area contributed by atoms with Gasteiger partial charge in [0, 0.05) is 29.6 Å². The molecule has 1 atom stereocenters. The zero-order valence-corrected chi connectivity index (χ0v) is 18.9. The van der Waals surface area contributed by atoms with Gasteiger partial charge in [-0.15, -0.1) is 0 Å². The van der Waals surface area contributed by atoms with Crippen molar-refractivity contribution < 1.29 is 29.0 Å². The van der Waals surface area contributed by atoms with Crippen LogP contribution in [0.2, 0.25) is 0 Å². The Kier molecular flexibility index (Phi) is 7.14. The van der Waals surface area contributed by atoms with Crippen LogP contribution in [0.1, 0.15) is 34.8 Å². The predicted octanol–water partition coefficient (Wildman–Crippen LogP) is 4.24. The highest BCUT2D eigenvalue weighted by Gasteiger charge is 2.23. The fourth-order valence-electron chi connectivity index (χ4n) is 4.06. The lowest BCUT2D eigenvalue weighted by Gasteiger charge is -2.21. The van der Waals surface area contributed by atoms with Crippen molar-refractivity contribution in [1.29, 1.82) is 0 Å². The van der Waals surface area contributed by atoms with E-state index in [1.807, 2.05) is 36.4 Å². The third-order valence-electron chi connectivity index (χ3n) is 5.76. The standard InChI is InChI=1S/C27H26N2O6/c28-14-16-2-1-3-18(8-16)22-11-21(10-20-6-7-34-27(20)22)24(13-26(32)33)35-23-9-17(15-29)4-5-19(23)12-25(30)31/h1-11,24H,12-15,28-29H2,(H,30,31)(H,32,33). The van der Waals surface area contributed by atoms with Crippen molar-refractivity contribution >= 4 is 22.9 Å². The number of aliphatic carboxylic acids is 2. The second-order valence-electron chi connectivity index (χ2n) is 8.23. The molecule has 0 spiro atoms. The Bertz CT molecular complexity index is 1380. The molecule has 180 valence electrons. The summed E-state index contributed by atoms with van der Waals surface area (Å²) in [5, 5.41) is 19.7. The summed E-state index contributed by atoms with van der Waals surface area (Å²) in [5.74, 6) is -1.78. The molecule has 0 aliphatic carbocycles. The van der Waals surface area contributed by atoms with Crippen molar-refractivity contribution in [2.24, 2.45) is 11.5 Å². The lowest BCUT2D eigenvalue weighted by Crippen LogP contribution is -2.15. The Morgan fingerprint density at radius 1 is 0.914 bits per heavy atom. The quantitative estimate of drug-likeness (QED) is 0.267. The molecule has 1 heterocycles. The molecule has 0 fully saturated rings. The molecular formula is C27H26N2O6. The Balaban J connectivity index is 1.82. The number of furan rings is 1. The Hall–Kier alpha value is -4.14. The lowest BCUT2D eigenvalue weighted by molar-refractivity contribution is -0.139. The molecule has 4 rings (SSSR count). The molecule has 0 saturated heterocycles. The van der Waals surface area contributed by atoms with Crippen LogP contribution in [0.4, 0.5) is 0 Å². The van der Waals surface area contributed by atoms with Crippen molar-refractivity contribution in [2.75, 3.05) is 0 Å². The van der Waals surface area contributed by atoms with Crippen LogP contribution in [0.3, 0.4) is 0 Å². The van der Waals surface area contributed by atoms with Gasteiger partial charge in [0.15, 0.2) is 0 Å². The molecule has 3 aromatic carbocycles. The van der Waals surface area contributed by atoms with E-state index in [1.165, 1.54) is 0 Å².